The zero-order valence-corrected chi connectivity index (χ0v) is 9.69. The van der Waals surface area contributed by atoms with Crippen molar-refractivity contribution in [2.45, 2.75) is 19.8 Å². The van der Waals surface area contributed by atoms with Crippen LogP contribution in [-0.2, 0) is 0 Å². The lowest BCUT2D eigenvalue weighted by Gasteiger charge is -2.08. The Morgan fingerprint density at radius 1 is 1.43 bits per heavy atom. The van der Waals surface area contributed by atoms with E-state index >= 15 is 0 Å². The molecule has 1 aromatic rings. The van der Waals surface area contributed by atoms with Gasteiger partial charge in [-0.2, -0.15) is 0 Å². The van der Waals surface area contributed by atoms with E-state index in [1.54, 1.807) is 6.07 Å². The minimum Gasteiger partial charge on any atom is -0.293 e. The van der Waals surface area contributed by atoms with Gasteiger partial charge in [0.2, 0.25) is 0 Å². The Kier molecular flexibility index (Phi) is 3.97. The van der Waals surface area contributed by atoms with E-state index in [2.05, 4.69) is 13.8 Å². The van der Waals surface area contributed by atoms with E-state index in [1.165, 1.54) is 0 Å². The molecular formula is C11H12Cl2O. The molecule has 0 aromatic heterocycles. The molecule has 0 atom stereocenters. The van der Waals surface area contributed by atoms with Crippen LogP contribution in [0.15, 0.2) is 18.2 Å². The van der Waals surface area contributed by atoms with Crippen LogP contribution in [0.5, 0.6) is 0 Å². The summed E-state index contributed by atoms with van der Waals surface area (Å²) in [7, 11) is 0. The van der Waals surface area contributed by atoms with E-state index < -0.39 is 0 Å². The molecule has 0 aliphatic rings. The molecule has 0 unspecified atom stereocenters. The first-order valence-corrected chi connectivity index (χ1v) is 5.36. The third-order valence-corrected chi connectivity index (χ3v) is 2.65. The van der Waals surface area contributed by atoms with Crippen molar-refractivity contribution in [2.75, 3.05) is 5.88 Å². The highest BCUT2D eigenvalue weighted by Gasteiger charge is 2.10. The molecule has 0 aliphatic heterocycles. The summed E-state index contributed by atoms with van der Waals surface area (Å²) in [5.41, 5.74) is 1.62. The number of rotatable bonds is 3. The number of carbonyl (C=O) groups is 1. The van der Waals surface area contributed by atoms with Gasteiger partial charge in [0.15, 0.2) is 5.78 Å². The van der Waals surface area contributed by atoms with Crippen LogP contribution in [0.4, 0.5) is 0 Å². The predicted octanol–water partition coefficient (Wildman–Crippen LogP) is 3.88. The number of hydrogen-bond acceptors (Lipinski definition) is 1. The van der Waals surface area contributed by atoms with E-state index in [-0.39, 0.29) is 11.7 Å². The Balaban J connectivity index is 3.15. The number of halogens is 2. The fourth-order valence-electron chi connectivity index (χ4n) is 1.19. The smallest absolute Gasteiger partial charge is 0.179 e. The summed E-state index contributed by atoms with van der Waals surface area (Å²) in [5.74, 6) is 0.231. The van der Waals surface area contributed by atoms with Gasteiger partial charge in [0, 0.05) is 5.56 Å². The van der Waals surface area contributed by atoms with Crippen molar-refractivity contribution < 1.29 is 4.79 Å². The van der Waals surface area contributed by atoms with Crippen LogP contribution in [-0.4, -0.2) is 11.7 Å². The molecule has 0 amide bonds. The van der Waals surface area contributed by atoms with Gasteiger partial charge < -0.3 is 0 Å². The average Bonchev–Trinajstić information content (AvgIpc) is 2.17. The molecule has 0 spiro atoms. The van der Waals surface area contributed by atoms with Gasteiger partial charge in [-0.25, -0.2) is 0 Å². The van der Waals surface area contributed by atoms with Crippen molar-refractivity contribution in [2.24, 2.45) is 0 Å². The molecule has 3 heteroatoms. The van der Waals surface area contributed by atoms with Gasteiger partial charge in [-0.15, -0.1) is 11.6 Å². The lowest BCUT2D eigenvalue weighted by atomic mass is 9.99. The zero-order chi connectivity index (χ0) is 10.7. The first kappa shape index (κ1) is 11.5. The molecule has 1 rings (SSSR count). The molecule has 0 N–H and O–H groups in total. The van der Waals surface area contributed by atoms with Crippen LogP contribution in [0.25, 0.3) is 0 Å². The van der Waals surface area contributed by atoms with Gasteiger partial charge in [0.05, 0.1) is 10.9 Å². The second-order valence-electron chi connectivity index (χ2n) is 3.45. The number of alkyl halides is 1. The monoisotopic (exact) mass is 230 g/mol. The normalized spacial score (nSPS) is 10.6. The minimum atomic E-state index is -0.126. The molecule has 0 fully saturated rings. The van der Waals surface area contributed by atoms with Crippen molar-refractivity contribution >= 4 is 29.0 Å². The number of benzene rings is 1. The highest BCUT2D eigenvalue weighted by Crippen LogP contribution is 2.23. The maximum absolute atomic E-state index is 11.4. The van der Waals surface area contributed by atoms with Crippen molar-refractivity contribution in [3.05, 3.63) is 34.3 Å². The summed E-state index contributed by atoms with van der Waals surface area (Å²) in [6.45, 7) is 4.14. The van der Waals surface area contributed by atoms with Crippen LogP contribution in [0.1, 0.15) is 35.7 Å². The number of ketones is 1. The fraction of sp³-hybridized carbons (Fsp3) is 0.364. The molecule has 0 heterocycles. The van der Waals surface area contributed by atoms with E-state index in [9.17, 15) is 4.79 Å². The predicted molar refractivity (Wildman–Crippen MR) is 60.6 cm³/mol. The largest absolute Gasteiger partial charge is 0.293 e. The molecule has 14 heavy (non-hydrogen) atoms. The molecular weight excluding hydrogens is 219 g/mol. The summed E-state index contributed by atoms with van der Waals surface area (Å²) in [5, 5.41) is 0.472. The van der Waals surface area contributed by atoms with Crippen LogP contribution in [0, 0.1) is 0 Å². The first-order chi connectivity index (χ1) is 6.56. The van der Waals surface area contributed by atoms with Crippen LogP contribution < -0.4 is 0 Å². The molecule has 0 saturated carbocycles. The SMILES string of the molecule is CC(C)c1ccc(Cl)c(C(=O)CCl)c1. The minimum absolute atomic E-state index is 0.0265. The molecule has 0 aliphatic carbocycles. The first-order valence-electron chi connectivity index (χ1n) is 4.45. The summed E-state index contributed by atoms with van der Waals surface area (Å²) < 4.78 is 0. The zero-order valence-electron chi connectivity index (χ0n) is 8.18. The molecule has 0 radical (unpaired) electrons. The van der Waals surface area contributed by atoms with Gasteiger partial charge in [-0.05, 0) is 23.6 Å². The molecule has 0 bridgehead atoms. The lowest BCUT2D eigenvalue weighted by molar-refractivity contribution is 0.102. The standard InChI is InChI=1S/C11H12Cl2O/c1-7(2)8-3-4-10(13)9(5-8)11(14)6-12/h3-5,7H,6H2,1-2H3. The maximum atomic E-state index is 11.4. The van der Waals surface area contributed by atoms with E-state index in [4.69, 9.17) is 23.2 Å². The van der Waals surface area contributed by atoms with Crippen LogP contribution in [0.2, 0.25) is 5.02 Å². The van der Waals surface area contributed by atoms with E-state index in [1.807, 2.05) is 12.1 Å². The van der Waals surface area contributed by atoms with Gasteiger partial charge in [0.1, 0.15) is 0 Å². The Morgan fingerprint density at radius 3 is 2.57 bits per heavy atom. The summed E-state index contributed by atoms with van der Waals surface area (Å²) in [4.78, 5) is 11.4. The molecule has 76 valence electrons. The summed E-state index contributed by atoms with van der Waals surface area (Å²) in [6.07, 6.45) is 0. The number of Topliss-reactive ketones (excluding diaryl/α,β-unsaturated/α-hetero) is 1. The Hall–Kier alpha value is -0.530. The number of hydrogen-bond donors (Lipinski definition) is 0. The van der Waals surface area contributed by atoms with Gasteiger partial charge in [-0.1, -0.05) is 31.5 Å². The van der Waals surface area contributed by atoms with Crippen LogP contribution >= 0.6 is 23.2 Å². The van der Waals surface area contributed by atoms with E-state index in [0.29, 0.717) is 16.5 Å². The Bertz CT molecular complexity index is 345. The van der Waals surface area contributed by atoms with E-state index in [0.717, 1.165) is 5.56 Å². The molecule has 1 nitrogen and oxygen atoms in total. The fourth-order valence-corrected chi connectivity index (χ4v) is 1.55. The second kappa shape index (κ2) is 4.81. The average molecular weight is 231 g/mol. The van der Waals surface area contributed by atoms with Crippen molar-refractivity contribution in [3.63, 3.8) is 0 Å². The van der Waals surface area contributed by atoms with Crippen molar-refractivity contribution in [3.8, 4) is 0 Å². The Morgan fingerprint density at radius 2 is 2.07 bits per heavy atom. The lowest BCUT2D eigenvalue weighted by Crippen LogP contribution is -2.02. The van der Waals surface area contributed by atoms with Gasteiger partial charge >= 0.3 is 0 Å². The summed E-state index contributed by atoms with van der Waals surface area (Å²) in [6, 6.07) is 5.49. The highest BCUT2D eigenvalue weighted by atomic mass is 35.5. The number of carbonyl (C=O) groups excluding carboxylic acids is 1. The topological polar surface area (TPSA) is 17.1 Å². The molecule has 0 saturated heterocycles. The van der Waals surface area contributed by atoms with Crippen LogP contribution in [0.3, 0.4) is 0 Å². The van der Waals surface area contributed by atoms with Crippen molar-refractivity contribution in [1.82, 2.24) is 0 Å². The third kappa shape index (κ3) is 2.49. The highest BCUT2D eigenvalue weighted by molar-refractivity contribution is 6.37. The van der Waals surface area contributed by atoms with Gasteiger partial charge in [0.25, 0.3) is 0 Å². The maximum Gasteiger partial charge on any atom is 0.179 e. The quantitative estimate of drug-likeness (QED) is 0.569. The van der Waals surface area contributed by atoms with Gasteiger partial charge in [-0.3, -0.25) is 4.79 Å². The Labute approximate surface area is 94.0 Å². The second-order valence-corrected chi connectivity index (χ2v) is 4.13. The van der Waals surface area contributed by atoms with Crippen molar-refractivity contribution in [1.29, 1.82) is 0 Å². The molecule has 1 aromatic carbocycles. The third-order valence-electron chi connectivity index (χ3n) is 2.08. The summed E-state index contributed by atoms with van der Waals surface area (Å²) >= 11 is 11.4.